The van der Waals surface area contributed by atoms with Gasteiger partial charge in [-0.2, -0.15) is 0 Å². The summed E-state index contributed by atoms with van der Waals surface area (Å²) in [4.78, 5) is 4.43. The van der Waals surface area contributed by atoms with E-state index in [4.69, 9.17) is 16.3 Å². The molecule has 3 nitrogen and oxygen atoms in total. The molecule has 3 rings (SSSR count). The molecular weight excluding hydrogens is 248 g/mol. The Balaban J connectivity index is 2.07. The molecule has 1 aromatic heterocycles. The van der Waals surface area contributed by atoms with Crippen LogP contribution in [0.4, 0.5) is 5.82 Å². The van der Waals surface area contributed by atoms with E-state index in [-0.39, 0.29) is 5.54 Å². The van der Waals surface area contributed by atoms with Gasteiger partial charge in [0, 0.05) is 22.8 Å². The van der Waals surface area contributed by atoms with Gasteiger partial charge in [-0.15, -0.1) is 11.6 Å². The molecular formula is C14H15ClN2O. The normalized spacial score (nSPS) is 16.6. The number of fused-ring (bicyclic) bond motifs is 1. The van der Waals surface area contributed by atoms with Crippen molar-refractivity contribution in [1.29, 1.82) is 0 Å². The molecule has 18 heavy (non-hydrogen) atoms. The summed E-state index contributed by atoms with van der Waals surface area (Å²) in [5.41, 5.74) is 0.0475. The molecule has 1 aliphatic carbocycles. The molecule has 4 heteroatoms. The van der Waals surface area contributed by atoms with Gasteiger partial charge < -0.3 is 10.1 Å². The maximum Gasteiger partial charge on any atom is 0.134 e. The smallest absolute Gasteiger partial charge is 0.134 e. The van der Waals surface area contributed by atoms with Gasteiger partial charge in [-0.3, -0.25) is 0 Å². The molecule has 1 heterocycles. The zero-order valence-corrected chi connectivity index (χ0v) is 11.0. The molecule has 0 amide bonds. The van der Waals surface area contributed by atoms with Gasteiger partial charge in [0.1, 0.15) is 11.6 Å². The Morgan fingerprint density at radius 1 is 1.33 bits per heavy atom. The Kier molecular flexibility index (Phi) is 2.78. The number of aromatic nitrogens is 1. The summed E-state index contributed by atoms with van der Waals surface area (Å²) < 4.78 is 5.37. The summed E-state index contributed by atoms with van der Waals surface area (Å²) in [6, 6.07) is 7.96. The van der Waals surface area contributed by atoms with Gasteiger partial charge in [0.25, 0.3) is 0 Å². The quantitative estimate of drug-likeness (QED) is 0.858. The van der Waals surface area contributed by atoms with Crippen molar-refractivity contribution in [3.05, 3.63) is 30.5 Å². The second kappa shape index (κ2) is 4.32. The highest BCUT2D eigenvalue weighted by atomic mass is 35.5. The lowest BCUT2D eigenvalue weighted by molar-refractivity contribution is 0.420. The second-order valence-electron chi connectivity index (χ2n) is 4.75. The van der Waals surface area contributed by atoms with Crippen LogP contribution in [0.3, 0.4) is 0 Å². The first-order valence-corrected chi connectivity index (χ1v) is 6.57. The Hall–Kier alpha value is -1.48. The highest BCUT2D eigenvalue weighted by Gasteiger charge is 2.42. The van der Waals surface area contributed by atoms with E-state index in [0.717, 1.165) is 35.2 Å². The maximum absolute atomic E-state index is 6.00. The van der Waals surface area contributed by atoms with E-state index in [1.54, 1.807) is 13.3 Å². The van der Waals surface area contributed by atoms with E-state index < -0.39 is 0 Å². The van der Waals surface area contributed by atoms with Crippen LogP contribution in [0.1, 0.15) is 12.8 Å². The summed E-state index contributed by atoms with van der Waals surface area (Å²) >= 11 is 6.00. The molecule has 1 aromatic carbocycles. The molecule has 1 fully saturated rings. The minimum absolute atomic E-state index is 0.0475. The van der Waals surface area contributed by atoms with Gasteiger partial charge in [-0.1, -0.05) is 12.1 Å². The molecule has 0 radical (unpaired) electrons. The summed E-state index contributed by atoms with van der Waals surface area (Å²) in [5.74, 6) is 2.38. The molecule has 2 aromatic rings. The minimum atomic E-state index is 0.0475. The minimum Gasteiger partial charge on any atom is -0.496 e. The number of anilines is 1. The van der Waals surface area contributed by atoms with E-state index in [1.165, 1.54) is 0 Å². The Morgan fingerprint density at radius 2 is 2.17 bits per heavy atom. The number of nitrogens with zero attached hydrogens (tertiary/aromatic N) is 1. The number of ether oxygens (including phenoxy) is 1. The van der Waals surface area contributed by atoms with Crippen LogP contribution in [0.2, 0.25) is 0 Å². The molecule has 0 atom stereocenters. The Labute approximate surface area is 111 Å². The van der Waals surface area contributed by atoms with Crippen molar-refractivity contribution in [1.82, 2.24) is 4.98 Å². The van der Waals surface area contributed by atoms with Gasteiger partial charge in [0.05, 0.1) is 12.6 Å². The van der Waals surface area contributed by atoms with Crippen LogP contribution in [0, 0.1) is 0 Å². The highest BCUT2D eigenvalue weighted by Crippen LogP contribution is 2.41. The van der Waals surface area contributed by atoms with Crippen LogP contribution in [0.5, 0.6) is 5.75 Å². The molecule has 1 N–H and O–H groups in total. The van der Waals surface area contributed by atoms with E-state index in [9.17, 15) is 0 Å². The number of hydrogen-bond acceptors (Lipinski definition) is 3. The van der Waals surface area contributed by atoms with Crippen LogP contribution in [-0.4, -0.2) is 23.5 Å². The highest BCUT2D eigenvalue weighted by molar-refractivity contribution is 6.19. The van der Waals surface area contributed by atoms with Crippen LogP contribution in [0.25, 0.3) is 10.8 Å². The molecule has 0 aliphatic heterocycles. The first-order chi connectivity index (χ1) is 8.78. The van der Waals surface area contributed by atoms with E-state index in [0.29, 0.717) is 5.88 Å². The average Bonchev–Trinajstić information content (AvgIpc) is 3.19. The number of alkyl halides is 1. The number of methoxy groups -OCH3 is 1. The van der Waals surface area contributed by atoms with E-state index in [1.807, 2.05) is 18.2 Å². The third-order valence-corrected chi connectivity index (χ3v) is 3.99. The first-order valence-electron chi connectivity index (χ1n) is 6.04. The van der Waals surface area contributed by atoms with Crippen molar-refractivity contribution in [2.75, 3.05) is 18.3 Å². The van der Waals surface area contributed by atoms with Gasteiger partial charge in [0.2, 0.25) is 0 Å². The fourth-order valence-corrected chi connectivity index (χ4v) is 2.48. The van der Waals surface area contributed by atoms with Crippen molar-refractivity contribution in [2.45, 2.75) is 18.4 Å². The van der Waals surface area contributed by atoms with Crippen molar-refractivity contribution < 1.29 is 4.74 Å². The zero-order valence-electron chi connectivity index (χ0n) is 10.2. The van der Waals surface area contributed by atoms with Gasteiger partial charge >= 0.3 is 0 Å². The predicted molar refractivity (Wildman–Crippen MR) is 74.6 cm³/mol. The molecule has 0 spiro atoms. The van der Waals surface area contributed by atoms with E-state index in [2.05, 4.69) is 16.4 Å². The van der Waals surface area contributed by atoms with Crippen LogP contribution < -0.4 is 10.1 Å². The number of rotatable bonds is 4. The number of pyridine rings is 1. The molecule has 0 saturated heterocycles. The third-order valence-electron chi connectivity index (χ3n) is 3.48. The number of halogens is 1. The van der Waals surface area contributed by atoms with Crippen molar-refractivity contribution in [3.8, 4) is 5.75 Å². The number of nitrogens with one attached hydrogen (secondary N) is 1. The van der Waals surface area contributed by atoms with Crippen molar-refractivity contribution >= 4 is 28.2 Å². The zero-order chi connectivity index (χ0) is 12.6. The summed E-state index contributed by atoms with van der Waals surface area (Å²) in [5, 5.41) is 5.62. The van der Waals surface area contributed by atoms with Gasteiger partial charge in [-0.25, -0.2) is 4.98 Å². The summed E-state index contributed by atoms with van der Waals surface area (Å²) in [6.07, 6.45) is 4.02. The topological polar surface area (TPSA) is 34.1 Å². The lowest BCUT2D eigenvalue weighted by Crippen LogP contribution is -2.23. The lowest BCUT2D eigenvalue weighted by atomic mass is 10.1. The van der Waals surface area contributed by atoms with Gasteiger partial charge in [-0.05, 0) is 25.0 Å². The number of benzene rings is 1. The largest absolute Gasteiger partial charge is 0.496 e. The Bertz CT molecular complexity index is 581. The Morgan fingerprint density at radius 3 is 2.83 bits per heavy atom. The third kappa shape index (κ3) is 1.89. The summed E-state index contributed by atoms with van der Waals surface area (Å²) in [6.45, 7) is 0. The summed E-state index contributed by atoms with van der Waals surface area (Å²) in [7, 11) is 1.68. The van der Waals surface area contributed by atoms with Crippen molar-refractivity contribution in [3.63, 3.8) is 0 Å². The molecule has 94 valence electrons. The second-order valence-corrected chi connectivity index (χ2v) is 5.02. The van der Waals surface area contributed by atoms with Crippen LogP contribution in [-0.2, 0) is 0 Å². The van der Waals surface area contributed by atoms with Crippen LogP contribution >= 0.6 is 11.6 Å². The van der Waals surface area contributed by atoms with Crippen molar-refractivity contribution in [2.24, 2.45) is 0 Å². The fourth-order valence-electron chi connectivity index (χ4n) is 2.15. The molecule has 0 unspecified atom stereocenters. The van der Waals surface area contributed by atoms with E-state index >= 15 is 0 Å². The standard InChI is InChI=1S/C14H15ClN2O/c1-18-12-4-2-3-11-10(12)5-8-16-13(11)17-14(9-15)6-7-14/h2-5,8H,6-7,9H2,1H3,(H,16,17). The van der Waals surface area contributed by atoms with Crippen LogP contribution in [0.15, 0.2) is 30.5 Å². The SMILES string of the molecule is COc1cccc2c(NC3(CCl)CC3)nccc12. The number of hydrogen-bond donors (Lipinski definition) is 1. The van der Waals surface area contributed by atoms with Gasteiger partial charge in [0.15, 0.2) is 0 Å². The predicted octanol–water partition coefficient (Wildman–Crippen LogP) is 3.43. The molecule has 1 saturated carbocycles. The lowest BCUT2D eigenvalue weighted by Gasteiger charge is -2.17. The molecule has 0 bridgehead atoms. The fraction of sp³-hybridized carbons (Fsp3) is 0.357. The average molecular weight is 263 g/mol. The first kappa shape index (κ1) is 11.6. The maximum atomic E-state index is 6.00. The monoisotopic (exact) mass is 262 g/mol. The molecule has 1 aliphatic rings.